The Kier molecular flexibility index (Phi) is 4.23. The highest BCUT2D eigenvalue weighted by molar-refractivity contribution is 9.09. The van der Waals surface area contributed by atoms with E-state index in [0.29, 0.717) is 12.1 Å². The summed E-state index contributed by atoms with van der Waals surface area (Å²) in [4.78, 5) is -7.97. The van der Waals surface area contributed by atoms with Crippen LogP contribution in [0.1, 0.15) is 11.1 Å². The van der Waals surface area contributed by atoms with Gasteiger partial charge in [0, 0.05) is 21.9 Å². The standard InChI is InChI=1S/C12H2Br2F8/c13-11(19,20)3-1-2-4(12(14,21)22)6-5(3)7(15)9(17)10(18)8(6)16/h1-2H. The van der Waals surface area contributed by atoms with E-state index < -0.39 is 54.8 Å². The first-order valence-corrected chi connectivity index (χ1v) is 6.89. The maximum atomic E-state index is 13.8. The fraction of sp³-hybridized carbons (Fsp3) is 0.167. The van der Waals surface area contributed by atoms with Crippen LogP contribution in [0.15, 0.2) is 12.1 Å². The summed E-state index contributed by atoms with van der Waals surface area (Å²) in [7, 11) is 0. The van der Waals surface area contributed by atoms with Crippen LogP contribution in [0.5, 0.6) is 0 Å². The van der Waals surface area contributed by atoms with E-state index in [2.05, 4.69) is 0 Å². The first-order chi connectivity index (χ1) is 9.87. The zero-order valence-corrected chi connectivity index (χ0v) is 13.1. The molecule has 10 heteroatoms. The maximum absolute atomic E-state index is 13.8. The molecule has 0 saturated heterocycles. The van der Waals surface area contributed by atoms with Gasteiger partial charge in [-0.2, -0.15) is 17.6 Å². The molecule has 0 heterocycles. The van der Waals surface area contributed by atoms with Crippen LogP contribution >= 0.6 is 31.9 Å². The van der Waals surface area contributed by atoms with Crippen molar-refractivity contribution in [3.63, 3.8) is 0 Å². The summed E-state index contributed by atoms with van der Waals surface area (Å²) in [5.41, 5.74) is -2.64. The molecule has 0 bridgehead atoms. The van der Waals surface area contributed by atoms with E-state index >= 15 is 0 Å². The Labute approximate surface area is 134 Å². The number of rotatable bonds is 2. The van der Waals surface area contributed by atoms with Crippen LogP contribution in [0.25, 0.3) is 10.8 Å². The van der Waals surface area contributed by atoms with Crippen LogP contribution in [-0.2, 0) is 9.66 Å². The van der Waals surface area contributed by atoms with Crippen molar-refractivity contribution in [2.75, 3.05) is 0 Å². The first-order valence-electron chi connectivity index (χ1n) is 5.30. The van der Waals surface area contributed by atoms with Gasteiger partial charge in [-0.3, -0.25) is 0 Å². The largest absolute Gasteiger partial charge is 0.327 e. The highest BCUT2D eigenvalue weighted by Crippen LogP contribution is 2.46. The van der Waals surface area contributed by atoms with Gasteiger partial charge in [0.05, 0.1) is 0 Å². The molecule has 0 atom stereocenters. The minimum absolute atomic E-state index is 0.363. The molecule has 0 radical (unpaired) electrons. The van der Waals surface area contributed by atoms with Crippen molar-refractivity contribution in [2.24, 2.45) is 0 Å². The molecule has 0 nitrogen and oxygen atoms in total. The van der Waals surface area contributed by atoms with Gasteiger partial charge in [-0.15, -0.1) is 0 Å². The Morgan fingerprint density at radius 2 is 0.864 bits per heavy atom. The van der Waals surface area contributed by atoms with E-state index in [0.717, 1.165) is 0 Å². The Hall–Kier alpha value is -0.900. The Morgan fingerprint density at radius 3 is 1.09 bits per heavy atom. The van der Waals surface area contributed by atoms with Crippen LogP contribution in [-0.4, -0.2) is 0 Å². The molecule has 2 rings (SSSR count). The third-order valence-electron chi connectivity index (χ3n) is 2.83. The fourth-order valence-electron chi connectivity index (χ4n) is 1.94. The second-order valence-electron chi connectivity index (χ2n) is 4.16. The molecule has 0 saturated carbocycles. The first kappa shape index (κ1) is 17.5. The predicted molar refractivity (Wildman–Crippen MR) is 69.4 cm³/mol. The predicted octanol–water partition coefficient (Wildman–Crippen LogP) is 6.28. The highest BCUT2D eigenvalue weighted by Gasteiger charge is 2.38. The number of alkyl halides is 6. The molecule has 22 heavy (non-hydrogen) atoms. The smallest absolute Gasteiger partial charge is 0.203 e. The summed E-state index contributed by atoms with van der Waals surface area (Å²) < 4.78 is 108. The van der Waals surface area contributed by atoms with Crippen LogP contribution in [0.4, 0.5) is 35.1 Å². The molecule has 0 fully saturated rings. The number of benzene rings is 2. The highest BCUT2D eigenvalue weighted by atomic mass is 79.9. The number of hydrogen-bond donors (Lipinski definition) is 0. The van der Waals surface area contributed by atoms with Crippen LogP contribution in [0, 0.1) is 23.3 Å². The van der Waals surface area contributed by atoms with E-state index in [1.165, 1.54) is 0 Å². The zero-order chi connectivity index (χ0) is 17.0. The summed E-state index contributed by atoms with van der Waals surface area (Å²) in [6, 6.07) is 0.725. The van der Waals surface area contributed by atoms with Gasteiger partial charge in [-0.05, 0) is 31.9 Å². The average Bonchev–Trinajstić information content (AvgIpc) is 2.39. The minimum Gasteiger partial charge on any atom is -0.203 e. The van der Waals surface area contributed by atoms with Gasteiger partial charge in [-0.25, -0.2) is 17.6 Å². The summed E-state index contributed by atoms with van der Waals surface area (Å²) in [6.07, 6.45) is 0. The second kappa shape index (κ2) is 5.33. The van der Waals surface area contributed by atoms with Gasteiger partial charge < -0.3 is 0 Å². The van der Waals surface area contributed by atoms with Crippen molar-refractivity contribution in [3.8, 4) is 0 Å². The third kappa shape index (κ3) is 2.70. The van der Waals surface area contributed by atoms with Crippen molar-refractivity contribution in [2.45, 2.75) is 9.66 Å². The van der Waals surface area contributed by atoms with E-state index in [1.54, 1.807) is 0 Å². The lowest BCUT2D eigenvalue weighted by Crippen LogP contribution is -2.12. The van der Waals surface area contributed by atoms with Crippen LogP contribution in [0.3, 0.4) is 0 Å². The lowest BCUT2D eigenvalue weighted by molar-refractivity contribution is 0.112. The summed E-state index contributed by atoms with van der Waals surface area (Å²) >= 11 is 3.69. The molecule has 0 amide bonds. The zero-order valence-electron chi connectivity index (χ0n) is 9.93. The quantitative estimate of drug-likeness (QED) is 0.215. The molecule has 2 aromatic rings. The van der Waals surface area contributed by atoms with Crippen molar-refractivity contribution < 1.29 is 35.1 Å². The van der Waals surface area contributed by atoms with Gasteiger partial charge in [0.2, 0.25) is 0 Å². The molecular formula is C12H2Br2F8. The monoisotopic (exact) mass is 456 g/mol. The summed E-state index contributed by atoms with van der Waals surface area (Å²) in [6.45, 7) is 0. The Balaban J connectivity index is 3.15. The summed E-state index contributed by atoms with van der Waals surface area (Å²) in [5, 5.41) is -2.95. The molecule has 0 aromatic heterocycles. The van der Waals surface area contributed by atoms with Crippen molar-refractivity contribution in [1.82, 2.24) is 0 Å². The molecule has 0 unspecified atom stereocenters. The van der Waals surface area contributed by atoms with Crippen LogP contribution in [0.2, 0.25) is 0 Å². The molecule has 0 aliphatic carbocycles. The lowest BCUT2D eigenvalue weighted by Gasteiger charge is -2.18. The summed E-state index contributed by atoms with van der Waals surface area (Å²) in [5.74, 6) is -9.14. The van der Waals surface area contributed by atoms with E-state index in [9.17, 15) is 35.1 Å². The average molecular weight is 458 g/mol. The fourth-order valence-corrected chi connectivity index (χ4v) is 2.60. The molecule has 0 aliphatic heterocycles. The number of hydrogen-bond acceptors (Lipinski definition) is 0. The molecule has 120 valence electrons. The minimum atomic E-state index is -3.98. The van der Waals surface area contributed by atoms with Gasteiger partial charge in [0.15, 0.2) is 23.3 Å². The molecule has 2 aromatic carbocycles. The molecular weight excluding hydrogens is 456 g/mol. The SMILES string of the molecule is Fc1c(F)c(F)c2c(C(F)(F)Br)ccc(C(F)(F)Br)c2c1F. The number of fused-ring (bicyclic) bond motifs is 1. The lowest BCUT2D eigenvalue weighted by atomic mass is 9.98. The molecule has 0 aliphatic rings. The molecule has 0 N–H and O–H groups in total. The van der Waals surface area contributed by atoms with Crippen molar-refractivity contribution in [3.05, 3.63) is 46.5 Å². The topological polar surface area (TPSA) is 0 Å². The van der Waals surface area contributed by atoms with E-state index in [4.69, 9.17) is 0 Å². The normalized spacial score (nSPS) is 13.0. The third-order valence-corrected chi connectivity index (χ3v) is 3.69. The van der Waals surface area contributed by atoms with E-state index in [-0.39, 0.29) is 0 Å². The van der Waals surface area contributed by atoms with Gasteiger partial charge in [-0.1, -0.05) is 12.1 Å². The maximum Gasteiger partial charge on any atom is 0.327 e. The Morgan fingerprint density at radius 1 is 0.591 bits per heavy atom. The van der Waals surface area contributed by atoms with Gasteiger partial charge in [0.1, 0.15) is 0 Å². The second-order valence-corrected chi connectivity index (χ2v) is 6.15. The van der Waals surface area contributed by atoms with E-state index in [1.807, 2.05) is 31.9 Å². The van der Waals surface area contributed by atoms with Crippen molar-refractivity contribution >= 4 is 42.6 Å². The van der Waals surface area contributed by atoms with Crippen LogP contribution < -0.4 is 0 Å². The Bertz CT molecular complexity index is 696. The van der Waals surface area contributed by atoms with Gasteiger partial charge >= 0.3 is 9.66 Å². The number of halogens is 10. The van der Waals surface area contributed by atoms with Crippen molar-refractivity contribution in [1.29, 1.82) is 0 Å². The van der Waals surface area contributed by atoms with Gasteiger partial charge in [0.25, 0.3) is 0 Å². The molecule has 0 spiro atoms.